The molecule has 0 unspecified atom stereocenters. The summed E-state index contributed by atoms with van der Waals surface area (Å²) < 4.78 is 6.45. The first-order chi connectivity index (χ1) is 10.5. The van der Waals surface area contributed by atoms with E-state index < -0.39 is 0 Å². The minimum atomic E-state index is -0.287. The van der Waals surface area contributed by atoms with Gasteiger partial charge in [0.15, 0.2) is 0 Å². The zero-order chi connectivity index (χ0) is 15.6. The predicted molar refractivity (Wildman–Crippen MR) is 88.7 cm³/mol. The van der Waals surface area contributed by atoms with Gasteiger partial charge in [0.05, 0.1) is 16.7 Å². The Kier molecular flexibility index (Phi) is 3.38. The normalized spacial score (nSPS) is 38.2. The van der Waals surface area contributed by atoms with Gasteiger partial charge in [-0.3, -0.25) is 9.59 Å². The van der Waals surface area contributed by atoms with Crippen molar-refractivity contribution in [1.29, 1.82) is 0 Å². The Hall–Kier alpha value is -0.880. The molecule has 2 bridgehead atoms. The van der Waals surface area contributed by atoms with Crippen LogP contribution in [-0.2, 0) is 14.3 Å². The van der Waals surface area contributed by atoms with E-state index in [9.17, 15) is 9.59 Å². The first kappa shape index (κ1) is 14.7. The molecule has 1 aliphatic heterocycles. The van der Waals surface area contributed by atoms with Crippen LogP contribution >= 0.6 is 31.9 Å². The summed E-state index contributed by atoms with van der Waals surface area (Å²) in [7, 11) is 0. The number of rotatable bonds is 2. The lowest BCUT2D eigenvalue weighted by Gasteiger charge is -2.27. The molecule has 1 amide bonds. The van der Waals surface area contributed by atoms with Gasteiger partial charge >= 0.3 is 5.97 Å². The summed E-state index contributed by atoms with van der Waals surface area (Å²) in [4.78, 5) is 24.9. The average molecular weight is 429 g/mol. The molecule has 1 heterocycles. The maximum atomic E-state index is 12.7. The van der Waals surface area contributed by atoms with Crippen LogP contribution < -0.4 is 5.32 Å². The molecular weight excluding hydrogens is 414 g/mol. The van der Waals surface area contributed by atoms with E-state index in [0.717, 1.165) is 22.1 Å². The average Bonchev–Trinajstić information content (AvgIpc) is 3.07. The first-order valence-corrected chi connectivity index (χ1v) is 9.10. The number of aryl methyl sites for hydroxylation is 1. The summed E-state index contributed by atoms with van der Waals surface area (Å²) in [5.74, 6) is -0.440. The summed E-state index contributed by atoms with van der Waals surface area (Å²) in [5, 5.41) is 2.97. The van der Waals surface area contributed by atoms with Crippen molar-refractivity contribution in [2.24, 2.45) is 23.7 Å². The van der Waals surface area contributed by atoms with Crippen LogP contribution in [0.4, 0.5) is 5.69 Å². The number of amides is 1. The highest BCUT2D eigenvalue weighted by Gasteiger charge is 2.67. The minimum Gasteiger partial charge on any atom is -0.461 e. The number of ether oxygens (including phenoxy) is 1. The van der Waals surface area contributed by atoms with Crippen molar-refractivity contribution >= 4 is 49.4 Å². The van der Waals surface area contributed by atoms with E-state index in [-0.39, 0.29) is 46.5 Å². The molecule has 22 heavy (non-hydrogen) atoms. The number of hydrogen-bond acceptors (Lipinski definition) is 3. The van der Waals surface area contributed by atoms with E-state index in [0.29, 0.717) is 0 Å². The maximum Gasteiger partial charge on any atom is 0.310 e. The Balaban J connectivity index is 1.58. The van der Waals surface area contributed by atoms with Crippen LogP contribution in [0.25, 0.3) is 0 Å². The fourth-order valence-corrected chi connectivity index (χ4v) is 5.57. The van der Waals surface area contributed by atoms with Crippen molar-refractivity contribution in [2.75, 3.05) is 5.32 Å². The van der Waals surface area contributed by atoms with Gasteiger partial charge in [0.1, 0.15) is 6.10 Å². The number of nitrogens with one attached hydrogen (secondary N) is 1. The summed E-state index contributed by atoms with van der Waals surface area (Å²) in [6.07, 6.45) is 0.857. The molecule has 6 heteroatoms. The summed E-state index contributed by atoms with van der Waals surface area (Å²) in [6.45, 7) is 1.98. The first-order valence-electron chi connectivity index (χ1n) is 7.39. The number of carbonyl (C=O) groups is 2. The maximum absolute atomic E-state index is 12.7. The van der Waals surface area contributed by atoms with Crippen LogP contribution in [0, 0.1) is 30.6 Å². The summed E-state index contributed by atoms with van der Waals surface area (Å²) in [5.41, 5.74) is 1.83. The number of hydrogen-bond donors (Lipinski definition) is 1. The SMILES string of the molecule is Cc1cc(NC(=O)[C@@H]2[C@H]3C[C@H]4[C@H](OC(=O)[C@@H]42)[C@H]3Br)ccc1Br. The molecular formula is C16H15Br2NO3. The lowest BCUT2D eigenvalue weighted by atomic mass is 9.79. The zero-order valence-corrected chi connectivity index (χ0v) is 15.1. The third kappa shape index (κ3) is 1.99. The monoisotopic (exact) mass is 427 g/mol. The van der Waals surface area contributed by atoms with E-state index in [1.54, 1.807) is 0 Å². The highest BCUT2D eigenvalue weighted by atomic mass is 79.9. The lowest BCUT2D eigenvalue weighted by molar-refractivity contribution is -0.145. The van der Waals surface area contributed by atoms with Crippen molar-refractivity contribution in [3.8, 4) is 0 Å². The molecule has 6 atom stereocenters. The highest BCUT2D eigenvalue weighted by molar-refractivity contribution is 9.10. The number of benzene rings is 1. The molecule has 3 aliphatic rings. The molecule has 1 saturated heterocycles. The smallest absolute Gasteiger partial charge is 0.310 e. The van der Waals surface area contributed by atoms with Crippen molar-refractivity contribution in [1.82, 2.24) is 0 Å². The van der Waals surface area contributed by atoms with Gasteiger partial charge < -0.3 is 10.1 Å². The van der Waals surface area contributed by atoms with Crippen LogP contribution in [-0.4, -0.2) is 22.8 Å². The van der Waals surface area contributed by atoms with E-state index in [1.165, 1.54) is 0 Å². The van der Waals surface area contributed by atoms with Crippen LogP contribution in [0.5, 0.6) is 0 Å². The van der Waals surface area contributed by atoms with Crippen LogP contribution in [0.15, 0.2) is 22.7 Å². The zero-order valence-electron chi connectivity index (χ0n) is 11.9. The number of alkyl halides is 1. The Morgan fingerprint density at radius 2 is 2.14 bits per heavy atom. The van der Waals surface area contributed by atoms with Gasteiger partial charge in [-0.1, -0.05) is 31.9 Å². The molecule has 0 radical (unpaired) electrons. The Bertz CT molecular complexity index is 677. The summed E-state index contributed by atoms with van der Waals surface area (Å²) in [6, 6.07) is 5.71. The topological polar surface area (TPSA) is 55.4 Å². The van der Waals surface area contributed by atoms with Crippen molar-refractivity contribution in [3.63, 3.8) is 0 Å². The van der Waals surface area contributed by atoms with E-state index in [4.69, 9.17) is 4.74 Å². The Labute approximate surface area is 145 Å². The van der Waals surface area contributed by atoms with E-state index in [1.807, 2.05) is 25.1 Å². The third-order valence-electron chi connectivity index (χ3n) is 5.25. The highest BCUT2D eigenvalue weighted by Crippen LogP contribution is 2.60. The Morgan fingerprint density at radius 1 is 1.36 bits per heavy atom. The summed E-state index contributed by atoms with van der Waals surface area (Å²) >= 11 is 7.08. The van der Waals surface area contributed by atoms with Gasteiger partial charge in [0, 0.05) is 16.1 Å². The fraction of sp³-hybridized carbons (Fsp3) is 0.500. The molecule has 3 fully saturated rings. The second kappa shape index (κ2) is 5.06. The molecule has 1 aromatic rings. The molecule has 116 valence electrons. The molecule has 2 saturated carbocycles. The quantitative estimate of drug-likeness (QED) is 0.581. The predicted octanol–water partition coefficient (Wildman–Crippen LogP) is 3.27. The number of halogens is 2. The van der Waals surface area contributed by atoms with Crippen LogP contribution in [0.3, 0.4) is 0 Å². The Morgan fingerprint density at radius 3 is 2.86 bits per heavy atom. The largest absolute Gasteiger partial charge is 0.461 e. The molecule has 0 spiro atoms. The van der Waals surface area contributed by atoms with Gasteiger partial charge in [-0.25, -0.2) is 0 Å². The molecule has 1 aromatic carbocycles. The lowest BCUT2D eigenvalue weighted by Crippen LogP contribution is -2.40. The fourth-order valence-electron chi connectivity index (χ4n) is 4.28. The van der Waals surface area contributed by atoms with Crippen molar-refractivity contribution in [2.45, 2.75) is 24.3 Å². The second-order valence-corrected chi connectivity index (χ2v) is 8.33. The molecule has 4 nitrogen and oxygen atoms in total. The number of fused-ring (bicyclic) bond motifs is 1. The van der Waals surface area contributed by atoms with Gasteiger partial charge in [0.25, 0.3) is 0 Å². The van der Waals surface area contributed by atoms with Gasteiger partial charge in [-0.15, -0.1) is 0 Å². The molecule has 4 rings (SSSR count). The molecule has 1 N–H and O–H groups in total. The minimum absolute atomic E-state index is 0.0403. The number of anilines is 1. The van der Waals surface area contributed by atoms with Crippen molar-refractivity contribution < 1.29 is 14.3 Å². The van der Waals surface area contributed by atoms with Crippen LogP contribution in [0.1, 0.15) is 12.0 Å². The molecule has 0 aromatic heterocycles. The number of esters is 1. The van der Waals surface area contributed by atoms with E-state index in [2.05, 4.69) is 37.2 Å². The standard InChI is InChI=1S/C16H15Br2NO3/c1-6-4-7(2-3-10(6)17)19-15(20)11-8-5-9-12(11)16(21)22-14(9)13(8)18/h2-4,8-9,11-14H,5H2,1H3,(H,19,20)/t8-,9-,11-,12+,13+,14+/m1/s1. The molecule has 2 aliphatic carbocycles. The second-order valence-electron chi connectivity index (χ2n) is 6.41. The van der Waals surface area contributed by atoms with E-state index >= 15 is 0 Å². The van der Waals surface area contributed by atoms with Gasteiger partial charge in [0.2, 0.25) is 5.91 Å². The van der Waals surface area contributed by atoms with Crippen molar-refractivity contribution in [3.05, 3.63) is 28.2 Å². The van der Waals surface area contributed by atoms with Gasteiger partial charge in [-0.2, -0.15) is 0 Å². The van der Waals surface area contributed by atoms with Gasteiger partial charge in [-0.05, 0) is 43.0 Å². The third-order valence-corrected chi connectivity index (χ3v) is 7.34. The number of carbonyl (C=O) groups excluding carboxylic acids is 2. The van der Waals surface area contributed by atoms with Crippen LogP contribution in [0.2, 0.25) is 0 Å².